The molecule has 0 amide bonds. The largest absolute Gasteiger partial charge is 0.487 e. The van der Waals surface area contributed by atoms with Gasteiger partial charge in [-0.25, -0.2) is 18.4 Å². The maximum absolute atomic E-state index is 12.8. The van der Waals surface area contributed by atoms with Crippen molar-refractivity contribution in [2.24, 2.45) is 0 Å². The summed E-state index contributed by atoms with van der Waals surface area (Å²) in [5.41, 5.74) is 2.80. The van der Waals surface area contributed by atoms with Gasteiger partial charge in [-0.15, -0.1) is 0 Å². The predicted molar refractivity (Wildman–Crippen MR) is 131 cm³/mol. The van der Waals surface area contributed by atoms with Crippen molar-refractivity contribution >= 4 is 15.8 Å². The van der Waals surface area contributed by atoms with E-state index in [1.54, 1.807) is 0 Å². The van der Waals surface area contributed by atoms with E-state index in [-0.39, 0.29) is 11.4 Å². The molecule has 3 heterocycles. The van der Waals surface area contributed by atoms with Crippen LogP contribution in [0.2, 0.25) is 0 Å². The summed E-state index contributed by atoms with van der Waals surface area (Å²) in [5, 5.41) is 0. The lowest BCUT2D eigenvalue weighted by Crippen LogP contribution is -2.50. The van der Waals surface area contributed by atoms with Gasteiger partial charge < -0.3 is 9.64 Å². The Bertz CT molecular complexity index is 1350. The van der Waals surface area contributed by atoms with Crippen LogP contribution in [0.1, 0.15) is 36.0 Å². The van der Waals surface area contributed by atoms with E-state index in [2.05, 4.69) is 16.0 Å². The summed E-state index contributed by atoms with van der Waals surface area (Å²) in [5.74, 6) is 1.19. The first-order valence-electron chi connectivity index (χ1n) is 11.7. The maximum atomic E-state index is 12.8. The number of hydrogen-bond donors (Lipinski definition) is 0. The summed E-state index contributed by atoms with van der Waals surface area (Å²) in [6, 6.07) is 13.7. The van der Waals surface area contributed by atoms with E-state index in [1.807, 2.05) is 41.3 Å². The zero-order chi connectivity index (χ0) is 25.6. The van der Waals surface area contributed by atoms with Gasteiger partial charge in [0.05, 0.1) is 11.3 Å². The first-order valence-corrected chi connectivity index (χ1v) is 13.8. The average Bonchev–Trinajstić information content (AvgIpc) is 2.83. The molecule has 1 aromatic heterocycles. The third kappa shape index (κ3) is 5.33. The zero-order valence-corrected chi connectivity index (χ0v) is 20.6. The molecule has 3 aromatic rings. The fraction of sp³-hybridized carbons (Fsp3) is 0.385. The normalized spacial score (nSPS) is 17.5. The predicted octanol–water partition coefficient (Wildman–Crippen LogP) is 5.07. The van der Waals surface area contributed by atoms with Crippen molar-refractivity contribution < 1.29 is 26.3 Å². The third-order valence-electron chi connectivity index (χ3n) is 6.88. The van der Waals surface area contributed by atoms with Gasteiger partial charge in [0.2, 0.25) is 5.95 Å². The molecule has 0 bridgehead atoms. The van der Waals surface area contributed by atoms with Gasteiger partial charge in [-0.05, 0) is 47.2 Å². The Morgan fingerprint density at radius 2 is 1.61 bits per heavy atom. The molecule has 0 aliphatic carbocycles. The number of alkyl halides is 3. The van der Waals surface area contributed by atoms with Crippen LogP contribution in [0.4, 0.5) is 19.1 Å². The quantitative estimate of drug-likeness (QED) is 0.481. The van der Waals surface area contributed by atoms with E-state index >= 15 is 0 Å². The molecule has 36 heavy (non-hydrogen) atoms. The molecule has 0 N–H and O–H groups in total. The van der Waals surface area contributed by atoms with Gasteiger partial charge in [-0.2, -0.15) is 13.2 Å². The van der Waals surface area contributed by atoms with E-state index in [4.69, 9.17) is 4.74 Å². The van der Waals surface area contributed by atoms with Gasteiger partial charge in [0.1, 0.15) is 11.4 Å². The van der Waals surface area contributed by atoms with Crippen molar-refractivity contribution in [3.05, 3.63) is 71.5 Å². The van der Waals surface area contributed by atoms with Crippen LogP contribution in [0.5, 0.6) is 5.75 Å². The van der Waals surface area contributed by atoms with Gasteiger partial charge in [-0.1, -0.05) is 30.3 Å². The molecule has 190 valence electrons. The summed E-state index contributed by atoms with van der Waals surface area (Å²) in [6.45, 7) is 1.22. The number of ether oxygens (including phenoxy) is 1. The first-order chi connectivity index (χ1) is 17.0. The Morgan fingerprint density at radius 1 is 0.972 bits per heavy atom. The lowest BCUT2D eigenvalue weighted by Gasteiger charge is -2.44. The fourth-order valence-corrected chi connectivity index (χ4v) is 5.69. The second-order valence-corrected chi connectivity index (χ2v) is 11.8. The molecule has 0 saturated carbocycles. The summed E-state index contributed by atoms with van der Waals surface area (Å²) >= 11 is 0. The molecule has 2 aliphatic rings. The molecule has 1 saturated heterocycles. The number of halogens is 3. The van der Waals surface area contributed by atoms with Gasteiger partial charge >= 0.3 is 6.18 Å². The molecule has 0 radical (unpaired) electrons. The summed E-state index contributed by atoms with van der Waals surface area (Å²) in [6.07, 6.45) is 1.64. The van der Waals surface area contributed by atoms with Crippen molar-refractivity contribution in [2.75, 3.05) is 24.2 Å². The van der Waals surface area contributed by atoms with Crippen molar-refractivity contribution in [3.8, 4) is 16.9 Å². The lowest BCUT2D eigenvalue weighted by molar-refractivity contribution is -0.138. The number of anilines is 1. The highest BCUT2D eigenvalue weighted by molar-refractivity contribution is 7.89. The molecular formula is C26H26F3N3O3S. The number of fused-ring (bicyclic) bond motifs is 1. The minimum Gasteiger partial charge on any atom is -0.487 e. The highest BCUT2D eigenvalue weighted by Crippen LogP contribution is 2.41. The second-order valence-electron chi connectivity index (χ2n) is 9.63. The van der Waals surface area contributed by atoms with E-state index in [0.717, 1.165) is 66.1 Å². The topological polar surface area (TPSA) is 72.4 Å². The first kappa shape index (κ1) is 24.5. The van der Waals surface area contributed by atoms with E-state index < -0.39 is 21.6 Å². The Balaban J connectivity index is 1.24. The molecule has 10 heteroatoms. The molecule has 1 spiro atoms. The Labute approximate surface area is 208 Å². The summed E-state index contributed by atoms with van der Waals surface area (Å²) < 4.78 is 67.9. The maximum Gasteiger partial charge on any atom is 0.419 e. The van der Waals surface area contributed by atoms with Gasteiger partial charge in [0.15, 0.2) is 9.84 Å². The standard InChI is InChI=1S/C26H26F3N3O3S/c1-36(33,34)17-18-2-4-19(5-3-18)20-6-7-23-21(14-20)8-9-25(35-23)10-12-32(13-11-25)24-30-15-22(16-31-24)26(27,28)29/h2-7,14-16H,8-13,17H2,1H3. The van der Waals surface area contributed by atoms with Crippen molar-refractivity contribution in [3.63, 3.8) is 0 Å². The smallest absolute Gasteiger partial charge is 0.419 e. The SMILES string of the molecule is CS(=O)(=O)Cc1ccc(-c2ccc3c(c2)CCC2(CCN(c4ncc(C(F)(F)F)cn4)CC2)O3)cc1. The molecule has 2 aromatic carbocycles. The van der Waals surface area contributed by atoms with Crippen LogP contribution in [-0.2, 0) is 28.2 Å². The van der Waals surface area contributed by atoms with Crippen LogP contribution in [0.3, 0.4) is 0 Å². The van der Waals surface area contributed by atoms with Crippen LogP contribution in [0, 0.1) is 0 Å². The molecule has 1 fully saturated rings. The summed E-state index contributed by atoms with van der Waals surface area (Å²) in [7, 11) is -3.07. The number of nitrogens with zero attached hydrogens (tertiary/aromatic N) is 3. The highest BCUT2D eigenvalue weighted by atomic mass is 32.2. The zero-order valence-electron chi connectivity index (χ0n) is 19.8. The Morgan fingerprint density at radius 3 is 2.22 bits per heavy atom. The van der Waals surface area contributed by atoms with Crippen LogP contribution in [0.15, 0.2) is 54.9 Å². The van der Waals surface area contributed by atoms with Crippen molar-refractivity contribution in [2.45, 2.75) is 43.2 Å². The average molecular weight is 518 g/mol. The Kier molecular flexibility index (Phi) is 6.18. The minimum atomic E-state index is -4.45. The minimum absolute atomic E-state index is 0.0236. The molecular weight excluding hydrogens is 491 g/mol. The number of aryl methyl sites for hydroxylation is 1. The van der Waals surface area contributed by atoms with Gasteiger partial charge in [-0.3, -0.25) is 0 Å². The highest BCUT2D eigenvalue weighted by Gasteiger charge is 2.40. The molecule has 2 aliphatic heterocycles. The van der Waals surface area contributed by atoms with Crippen LogP contribution in [-0.4, -0.2) is 43.3 Å². The fourth-order valence-electron chi connectivity index (χ4n) is 4.89. The number of benzene rings is 2. The van der Waals surface area contributed by atoms with Crippen LogP contribution >= 0.6 is 0 Å². The lowest BCUT2D eigenvalue weighted by atomic mass is 9.82. The summed E-state index contributed by atoms with van der Waals surface area (Å²) in [4.78, 5) is 9.75. The monoisotopic (exact) mass is 517 g/mol. The van der Waals surface area contributed by atoms with Crippen molar-refractivity contribution in [1.29, 1.82) is 0 Å². The third-order valence-corrected chi connectivity index (χ3v) is 7.73. The van der Waals surface area contributed by atoms with Crippen molar-refractivity contribution in [1.82, 2.24) is 9.97 Å². The van der Waals surface area contributed by atoms with E-state index in [9.17, 15) is 21.6 Å². The number of sulfone groups is 1. The Hall–Kier alpha value is -3.14. The van der Waals surface area contributed by atoms with E-state index in [0.29, 0.717) is 19.0 Å². The second kappa shape index (κ2) is 9.06. The molecule has 0 atom stereocenters. The van der Waals surface area contributed by atoms with Gasteiger partial charge in [0.25, 0.3) is 0 Å². The molecule has 5 rings (SSSR count). The number of rotatable bonds is 4. The number of piperidine rings is 1. The van der Waals surface area contributed by atoms with Gasteiger partial charge in [0, 0.05) is 44.6 Å². The van der Waals surface area contributed by atoms with Crippen LogP contribution in [0.25, 0.3) is 11.1 Å². The molecule has 0 unspecified atom stereocenters. The van der Waals surface area contributed by atoms with E-state index in [1.165, 1.54) is 6.26 Å². The van der Waals surface area contributed by atoms with Crippen LogP contribution < -0.4 is 9.64 Å². The number of aromatic nitrogens is 2. The number of hydrogen-bond acceptors (Lipinski definition) is 6. The molecule has 6 nitrogen and oxygen atoms in total.